The predicted octanol–water partition coefficient (Wildman–Crippen LogP) is 3.73. The number of aliphatic hydroxyl groups is 1. The standard InChI is InChI=1S/C19H15ClO4/c20-16-12-15(6-7-17(16)21)24-18(22)19(23)10-8-14(9-11-19)13-4-2-1-3-5-13/h1-10,12,21,23H,11H2. The van der Waals surface area contributed by atoms with E-state index in [2.05, 4.69) is 0 Å². The Morgan fingerprint density at radius 2 is 1.92 bits per heavy atom. The third-order valence-corrected chi connectivity index (χ3v) is 4.06. The Hall–Kier alpha value is -2.56. The number of halogens is 1. The molecule has 24 heavy (non-hydrogen) atoms. The second-order valence-electron chi connectivity index (χ2n) is 5.49. The number of allylic oxidation sites excluding steroid dienone is 2. The molecule has 0 aromatic heterocycles. The smallest absolute Gasteiger partial charge is 0.347 e. The maximum absolute atomic E-state index is 12.3. The number of aromatic hydroxyl groups is 1. The van der Waals surface area contributed by atoms with E-state index in [1.165, 1.54) is 24.3 Å². The normalized spacial score (nSPS) is 19.7. The minimum absolute atomic E-state index is 0.0673. The first kappa shape index (κ1) is 16.3. The third kappa shape index (κ3) is 3.35. The van der Waals surface area contributed by atoms with Crippen LogP contribution in [0.3, 0.4) is 0 Å². The summed E-state index contributed by atoms with van der Waals surface area (Å²) in [5.41, 5.74) is 0.207. The SMILES string of the molecule is O=C(Oc1ccc(O)c(Cl)c1)C1(O)C=CC(c2ccccc2)=CC1. The fraction of sp³-hybridized carbons (Fsp3) is 0.105. The summed E-state index contributed by atoms with van der Waals surface area (Å²) in [6.45, 7) is 0. The van der Waals surface area contributed by atoms with Crippen LogP contribution in [0.4, 0.5) is 0 Å². The minimum atomic E-state index is -1.73. The van der Waals surface area contributed by atoms with Crippen LogP contribution in [0.1, 0.15) is 12.0 Å². The van der Waals surface area contributed by atoms with E-state index in [-0.39, 0.29) is 22.9 Å². The van der Waals surface area contributed by atoms with Gasteiger partial charge in [0.25, 0.3) is 0 Å². The van der Waals surface area contributed by atoms with Gasteiger partial charge in [-0.05, 0) is 29.3 Å². The molecule has 0 spiro atoms. The van der Waals surface area contributed by atoms with Gasteiger partial charge in [0.05, 0.1) is 5.02 Å². The topological polar surface area (TPSA) is 66.8 Å². The number of ether oxygens (including phenoxy) is 1. The van der Waals surface area contributed by atoms with Crippen LogP contribution in [0.5, 0.6) is 11.5 Å². The van der Waals surface area contributed by atoms with E-state index in [1.54, 1.807) is 12.2 Å². The molecule has 0 fully saturated rings. The molecule has 0 saturated carbocycles. The van der Waals surface area contributed by atoms with Crippen LogP contribution < -0.4 is 4.74 Å². The van der Waals surface area contributed by atoms with E-state index >= 15 is 0 Å². The van der Waals surface area contributed by atoms with Crippen molar-refractivity contribution in [2.24, 2.45) is 0 Å². The maximum atomic E-state index is 12.3. The molecule has 0 amide bonds. The summed E-state index contributed by atoms with van der Waals surface area (Å²) in [6.07, 6.45) is 5.03. The highest BCUT2D eigenvalue weighted by Gasteiger charge is 2.36. The van der Waals surface area contributed by atoms with Gasteiger partial charge in [-0.25, -0.2) is 4.79 Å². The lowest BCUT2D eigenvalue weighted by Crippen LogP contribution is -2.40. The molecule has 1 atom stereocenters. The number of benzene rings is 2. The van der Waals surface area contributed by atoms with Gasteiger partial charge in [-0.2, -0.15) is 0 Å². The molecule has 0 saturated heterocycles. The molecule has 2 N–H and O–H groups in total. The summed E-state index contributed by atoms with van der Waals surface area (Å²) >= 11 is 5.78. The Bertz CT molecular complexity index is 827. The highest BCUT2D eigenvalue weighted by atomic mass is 35.5. The van der Waals surface area contributed by atoms with E-state index in [0.29, 0.717) is 0 Å². The van der Waals surface area contributed by atoms with Crippen molar-refractivity contribution in [1.29, 1.82) is 0 Å². The molecule has 4 nitrogen and oxygen atoms in total. The van der Waals surface area contributed by atoms with Crippen molar-refractivity contribution in [3.05, 3.63) is 77.3 Å². The average molecular weight is 343 g/mol. The van der Waals surface area contributed by atoms with E-state index in [4.69, 9.17) is 16.3 Å². The van der Waals surface area contributed by atoms with Crippen molar-refractivity contribution in [2.45, 2.75) is 12.0 Å². The molecule has 5 heteroatoms. The monoisotopic (exact) mass is 342 g/mol. The fourth-order valence-corrected chi connectivity index (χ4v) is 2.54. The molecule has 3 rings (SSSR count). The van der Waals surface area contributed by atoms with Gasteiger partial charge in [0.15, 0.2) is 5.60 Å². The zero-order chi connectivity index (χ0) is 17.2. The Labute approximate surface area is 144 Å². The lowest BCUT2D eigenvalue weighted by atomic mass is 9.89. The highest BCUT2D eigenvalue weighted by molar-refractivity contribution is 6.32. The van der Waals surface area contributed by atoms with Gasteiger partial charge < -0.3 is 14.9 Å². The van der Waals surface area contributed by atoms with Gasteiger partial charge in [-0.15, -0.1) is 0 Å². The summed E-state index contributed by atoms with van der Waals surface area (Å²) in [5.74, 6) is -0.755. The van der Waals surface area contributed by atoms with Crippen LogP contribution in [0.15, 0.2) is 66.8 Å². The Balaban J connectivity index is 1.73. The number of carbonyl (C=O) groups is 1. The van der Waals surface area contributed by atoms with Gasteiger partial charge >= 0.3 is 5.97 Å². The molecule has 2 aromatic carbocycles. The first-order valence-electron chi connectivity index (χ1n) is 7.36. The number of esters is 1. The molecule has 0 bridgehead atoms. The quantitative estimate of drug-likeness (QED) is 0.659. The number of rotatable bonds is 3. The average Bonchev–Trinajstić information content (AvgIpc) is 2.59. The van der Waals surface area contributed by atoms with E-state index < -0.39 is 11.6 Å². The van der Waals surface area contributed by atoms with Crippen LogP contribution >= 0.6 is 11.6 Å². The van der Waals surface area contributed by atoms with Crippen LogP contribution in [-0.2, 0) is 4.79 Å². The molecular weight excluding hydrogens is 328 g/mol. The van der Waals surface area contributed by atoms with Crippen molar-refractivity contribution < 1.29 is 19.7 Å². The molecule has 1 aliphatic rings. The first-order chi connectivity index (χ1) is 11.5. The molecule has 1 aliphatic carbocycles. The number of carbonyl (C=O) groups excluding carboxylic acids is 1. The summed E-state index contributed by atoms with van der Waals surface area (Å²) in [6, 6.07) is 13.7. The minimum Gasteiger partial charge on any atom is -0.506 e. The van der Waals surface area contributed by atoms with E-state index in [0.717, 1.165) is 11.1 Å². The van der Waals surface area contributed by atoms with Gasteiger partial charge in [0.2, 0.25) is 0 Å². The van der Waals surface area contributed by atoms with Crippen LogP contribution in [0, 0.1) is 0 Å². The molecule has 1 unspecified atom stereocenters. The lowest BCUT2D eigenvalue weighted by molar-refractivity contribution is -0.150. The molecule has 0 heterocycles. The third-order valence-electron chi connectivity index (χ3n) is 3.76. The molecule has 0 radical (unpaired) electrons. The predicted molar refractivity (Wildman–Crippen MR) is 91.9 cm³/mol. The molecule has 122 valence electrons. The Morgan fingerprint density at radius 1 is 1.17 bits per heavy atom. The zero-order valence-electron chi connectivity index (χ0n) is 12.6. The van der Waals surface area contributed by atoms with Crippen molar-refractivity contribution in [2.75, 3.05) is 0 Å². The van der Waals surface area contributed by atoms with Crippen LogP contribution in [0.2, 0.25) is 5.02 Å². The van der Waals surface area contributed by atoms with Gasteiger partial charge in [-0.1, -0.05) is 54.1 Å². The van der Waals surface area contributed by atoms with Gasteiger partial charge in [0, 0.05) is 12.5 Å². The van der Waals surface area contributed by atoms with E-state index in [9.17, 15) is 15.0 Å². The van der Waals surface area contributed by atoms with Crippen molar-refractivity contribution >= 4 is 23.1 Å². The number of phenolic OH excluding ortho intramolecular Hbond substituents is 1. The number of hydrogen-bond donors (Lipinski definition) is 2. The van der Waals surface area contributed by atoms with Crippen molar-refractivity contribution in [3.8, 4) is 11.5 Å². The Morgan fingerprint density at radius 3 is 2.54 bits per heavy atom. The Kier molecular flexibility index (Phi) is 4.42. The first-order valence-corrected chi connectivity index (χ1v) is 7.74. The molecule has 0 aliphatic heterocycles. The largest absolute Gasteiger partial charge is 0.506 e. The lowest BCUT2D eigenvalue weighted by Gasteiger charge is -2.24. The highest BCUT2D eigenvalue weighted by Crippen LogP contribution is 2.31. The number of phenols is 1. The second-order valence-corrected chi connectivity index (χ2v) is 5.90. The molecular formula is C19H15ClO4. The summed E-state index contributed by atoms with van der Waals surface area (Å²) in [7, 11) is 0. The van der Waals surface area contributed by atoms with Gasteiger partial charge in [0.1, 0.15) is 11.5 Å². The second kappa shape index (κ2) is 6.51. The van der Waals surface area contributed by atoms with Crippen LogP contribution in [0.25, 0.3) is 5.57 Å². The summed E-state index contributed by atoms with van der Waals surface area (Å²) in [4.78, 5) is 12.3. The number of hydrogen-bond acceptors (Lipinski definition) is 4. The fourth-order valence-electron chi connectivity index (χ4n) is 2.37. The van der Waals surface area contributed by atoms with Crippen molar-refractivity contribution in [1.82, 2.24) is 0 Å². The maximum Gasteiger partial charge on any atom is 0.347 e. The summed E-state index contributed by atoms with van der Waals surface area (Å²) in [5, 5.41) is 19.9. The van der Waals surface area contributed by atoms with E-state index in [1.807, 2.05) is 30.3 Å². The zero-order valence-corrected chi connectivity index (χ0v) is 13.4. The van der Waals surface area contributed by atoms with Crippen molar-refractivity contribution in [3.63, 3.8) is 0 Å². The summed E-state index contributed by atoms with van der Waals surface area (Å²) < 4.78 is 5.17. The molecule has 2 aromatic rings. The van der Waals surface area contributed by atoms with Gasteiger partial charge in [-0.3, -0.25) is 0 Å². The van der Waals surface area contributed by atoms with Crippen LogP contribution in [-0.4, -0.2) is 21.8 Å².